The van der Waals surface area contributed by atoms with E-state index in [0.29, 0.717) is 5.11 Å². The quantitative estimate of drug-likeness (QED) is 0.803. The normalized spacial score (nSPS) is 17.4. The molecule has 1 saturated heterocycles. The summed E-state index contributed by atoms with van der Waals surface area (Å²) in [4.78, 5) is 6.37. The molecule has 1 aliphatic heterocycles. The third kappa shape index (κ3) is 4.63. The molecule has 0 saturated carbocycles. The molecule has 1 N–H and O–H groups in total. The minimum atomic E-state index is -2.83. The monoisotopic (exact) mass is 363 g/mol. The molecule has 0 radical (unpaired) electrons. The maximum Gasteiger partial charge on any atom is 0.387 e. The van der Waals surface area contributed by atoms with E-state index in [9.17, 15) is 8.78 Å². The second-order valence-electron chi connectivity index (χ2n) is 5.82. The van der Waals surface area contributed by atoms with Crippen LogP contribution >= 0.6 is 12.2 Å². The highest BCUT2D eigenvalue weighted by Crippen LogP contribution is 2.31. The summed E-state index contributed by atoms with van der Waals surface area (Å²) in [6, 6.07) is 10.5. The van der Waals surface area contributed by atoms with Crippen molar-refractivity contribution in [1.82, 2.24) is 9.88 Å². The summed E-state index contributed by atoms with van der Waals surface area (Å²) in [7, 11) is 0. The van der Waals surface area contributed by atoms with Crippen LogP contribution in [0.3, 0.4) is 0 Å². The first-order valence-corrected chi connectivity index (χ1v) is 8.57. The Morgan fingerprint density at radius 2 is 2.04 bits per heavy atom. The van der Waals surface area contributed by atoms with E-state index in [2.05, 4.69) is 26.0 Å². The van der Waals surface area contributed by atoms with Crippen molar-refractivity contribution in [1.29, 1.82) is 0 Å². The fourth-order valence-electron chi connectivity index (χ4n) is 3.01. The summed E-state index contributed by atoms with van der Waals surface area (Å²) in [6.45, 7) is -1.95. The Balaban J connectivity index is 1.68. The molecule has 2 aromatic rings. The topological polar surface area (TPSA) is 37.4 Å². The maximum atomic E-state index is 12.2. The van der Waals surface area contributed by atoms with Crippen LogP contribution in [0.15, 0.2) is 48.8 Å². The number of ether oxygens (including phenoxy) is 1. The van der Waals surface area contributed by atoms with Gasteiger partial charge in [0, 0.05) is 24.6 Å². The minimum absolute atomic E-state index is 0.123. The molecular formula is C18H19F2N3OS. The molecule has 7 heteroatoms. The van der Waals surface area contributed by atoms with Crippen LogP contribution in [-0.2, 0) is 0 Å². The van der Waals surface area contributed by atoms with Gasteiger partial charge < -0.3 is 15.0 Å². The van der Waals surface area contributed by atoms with Crippen LogP contribution in [-0.4, -0.2) is 28.2 Å². The molecule has 0 aliphatic carbocycles. The number of likely N-dealkylation sites (tertiary alicyclic amines) is 1. The van der Waals surface area contributed by atoms with E-state index in [1.165, 1.54) is 12.1 Å². The van der Waals surface area contributed by atoms with Crippen LogP contribution in [0.2, 0.25) is 0 Å². The summed E-state index contributed by atoms with van der Waals surface area (Å²) in [5, 5.41) is 3.81. The first kappa shape index (κ1) is 17.5. The number of aromatic nitrogens is 1. The molecule has 25 heavy (non-hydrogen) atoms. The molecule has 2 heterocycles. The lowest BCUT2D eigenvalue weighted by atomic mass is 9.97. The van der Waals surface area contributed by atoms with Gasteiger partial charge in [0.05, 0.1) is 6.04 Å². The van der Waals surface area contributed by atoms with Gasteiger partial charge in [0.25, 0.3) is 0 Å². The maximum absolute atomic E-state index is 12.2. The first-order valence-electron chi connectivity index (χ1n) is 8.16. The van der Waals surface area contributed by atoms with Gasteiger partial charge in [-0.2, -0.15) is 8.78 Å². The third-order valence-electron chi connectivity index (χ3n) is 4.16. The molecule has 1 aliphatic rings. The summed E-state index contributed by atoms with van der Waals surface area (Å²) in [5.41, 5.74) is 1.88. The number of nitrogens with zero attached hydrogens (tertiary/aromatic N) is 2. The van der Waals surface area contributed by atoms with Crippen molar-refractivity contribution in [3.8, 4) is 5.75 Å². The number of pyridine rings is 1. The molecule has 132 valence electrons. The molecule has 0 spiro atoms. The average molecular weight is 363 g/mol. The largest absolute Gasteiger partial charge is 0.435 e. The molecule has 1 atom stereocenters. The number of benzene rings is 1. The number of piperidine rings is 1. The predicted octanol–water partition coefficient (Wildman–Crippen LogP) is 4.61. The molecule has 4 nitrogen and oxygen atoms in total. The lowest BCUT2D eigenvalue weighted by Gasteiger charge is -2.37. The Kier molecular flexibility index (Phi) is 5.75. The molecule has 0 unspecified atom stereocenters. The predicted molar refractivity (Wildman–Crippen MR) is 96.8 cm³/mol. The lowest BCUT2D eigenvalue weighted by molar-refractivity contribution is -0.0498. The van der Waals surface area contributed by atoms with Crippen molar-refractivity contribution in [3.05, 3.63) is 54.4 Å². The molecule has 1 fully saturated rings. The van der Waals surface area contributed by atoms with Crippen LogP contribution < -0.4 is 10.1 Å². The highest BCUT2D eigenvalue weighted by Gasteiger charge is 2.26. The fraction of sp³-hybridized carbons (Fsp3) is 0.333. The molecule has 1 aromatic heterocycles. The van der Waals surface area contributed by atoms with Crippen LogP contribution in [0.5, 0.6) is 5.75 Å². The van der Waals surface area contributed by atoms with Crippen LogP contribution in [0.25, 0.3) is 0 Å². The number of nitrogens with one attached hydrogen (secondary N) is 1. The molecule has 1 aromatic carbocycles. The number of thiocarbonyl (C=S) groups is 1. The Morgan fingerprint density at radius 1 is 1.24 bits per heavy atom. The highest BCUT2D eigenvalue weighted by molar-refractivity contribution is 7.80. The summed E-state index contributed by atoms with van der Waals surface area (Å²) >= 11 is 5.58. The van der Waals surface area contributed by atoms with Gasteiger partial charge in [0.15, 0.2) is 5.11 Å². The number of hydrogen-bond donors (Lipinski definition) is 1. The second-order valence-corrected chi connectivity index (χ2v) is 6.21. The van der Waals surface area contributed by atoms with Gasteiger partial charge in [-0.05, 0) is 67.4 Å². The van der Waals surface area contributed by atoms with Crippen LogP contribution in [0, 0.1) is 0 Å². The Hall–Kier alpha value is -2.28. The fourth-order valence-corrected chi connectivity index (χ4v) is 3.35. The summed E-state index contributed by atoms with van der Waals surface area (Å²) in [5.74, 6) is 0.123. The second kappa shape index (κ2) is 8.20. The van der Waals surface area contributed by atoms with Crippen LogP contribution in [0.4, 0.5) is 14.5 Å². The Labute approximate surface area is 150 Å². The SMILES string of the molecule is FC(F)Oc1ccc(NC(=S)N2CCCC[C@H]2c2cccnc2)cc1. The number of alkyl halides is 2. The van der Waals surface area contributed by atoms with Crippen molar-refractivity contribution in [2.24, 2.45) is 0 Å². The van der Waals surface area contributed by atoms with Gasteiger partial charge in [-0.15, -0.1) is 0 Å². The standard InChI is InChI=1S/C18H19F2N3OS/c19-17(20)24-15-8-6-14(7-9-15)22-18(25)23-11-2-1-5-16(23)13-4-3-10-21-12-13/h3-4,6-10,12,16-17H,1-2,5,11H2,(H,22,25)/t16-/m0/s1. The van der Waals surface area contributed by atoms with Gasteiger partial charge in [0.1, 0.15) is 5.75 Å². The molecule has 0 bridgehead atoms. The van der Waals surface area contributed by atoms with Crippen molar-refractivity contribution in [2.45, 2.75) is 31.9 Å². The van der Waals surface area contributed by atoms with Crippen molar-refractivity contribution >= 4 is 23.0 Å². The smallest absolute Gasteiger partial charge is 0.387 e. The van der Waals surface area contributed by atoms with Crippen molar-refractivity contribution in [3.63, 3.8) is 0 Å². The van der Waals surface area contributed by atoms with Gasteiger partial charge >= 0.3 is 6.61 Å². The average Bonchev–Trinajstić information content (AvgIpc) is 2.63. The van der Waals surface area contributed by atoms with Crippen molar-refractivity contribution < 1.29 is 13.5 Å². The Morgan fingerprint density at radius 3 is 2.72 bits per heavy atom. The zero-order valence-electron chi connectivity index (χ0n) is 13.6. The van der Waals surface area contributed by atoms with Crippen LogP contribution in [0.1, 0.15) is 30.9 Å². The third-order valence-corrected chi connectivity index (χ3v) is 4.50. The van der Waals surface area contributed by atoms with E-state index >= 15 is 0 Å². The zero-order valence-corrected chi connectivity index (χ0v) is 14.4. The highest BCUT2D eigenvalue weighted by atomic mass is 32.1. The molecule has 0 amide bonds. The van der Waals surface area contributed by atoms with Gasteiger partial charge in [0.2, 0.25) is 0 Å². The zero-order chi connectivity index (χ0) is 17.6. The summed E-state index contributed by atoms with van der Waals surface area (Å²) < 4.78 is 28.8. The van der Waals surface area contributed by atoms with E-state index in [-0.39, 0.29) is 11.8 Å². The minimum Gasteiger partial charge on any atom is -0.435 e. The molecule has 3 rings (SSSR count). The van der Waals surface area contributed by atoms with E-state index in [4.69, 9.17) is 12.2 Å². The first-order chi connectivity index (χ1) is 12.1. The van der Waals surface area contributed by atoms with E-state index < -0.39 is 6.61 Å². The van der Waals surface area contributed by atoms with Gasteiger partial charge in [-0.1, -0.05) is 6.07 Å². The van der Waals surface area contributed by atoms with E-state index in [1.807, 2.05) is 12.3 Å². The summed E-state index contributed by atoms with van der Waals surface area (Å²) in [6.07, 6.45) is 6.89. The van der Waals surface area contributed by atoms with E-state index in [1.54, 1.807) is 18.3 Å². The lowest BCUT2D eigenvalue weighted by Crippen LogP contribution is -2.41. The van der Waals surface area contributed by atoms with Gasteiger partial charge in [-0.25, -0.2) is 0 Å². The van der Waals surface area contributed by atoms with Crippen molar-refractivity contribution in [2.75, 3.05) is 11.9 Å². The number of halogens is 2. The van der Waals surface area contributed by atoms with E-state index in [0.717, 1.165) is 37.1 Å². The van der Waals surface area contributed by atoms with Gasteiger partial charge in [-0.3, -0.25) is 4.98 Å². The Bertz CT molecular complexity index is 697. The number of anilines is 1. The molecular weight excluding hydrogens is 344 g/mol. The number of hydrogen-bond acceptors (Lipinski definition) is 3. The number of rotatable bonds is 4.